The standard InChI is InChI=1S/C15H23NOS/c1-12(2)17-15-7-3-5-13(9-15)10-16-14-6-4-8-18-11-14/h3,5,7,9,12,14,16H,4,6,8,10-11H2,1-2H3. The van der Waals surface area contributed by atoms with Crippen molar-refractivity contribution in [3.63, 3.8) is 0 Å². The summed E-state index contributed by atoms with van der Waals surface area (Å²) < 4.78 is 5.71. The van der Waals surface area contributed by atoms with Crippen LogP contribution in [0, 0.1) is 0 Å². The molecule has 1 N–H and O–H groups in total. The van der Waals surface area contributed by atoms with Crippen LogP contribution >= 0.6 is 11.8 Å². The van der Waals surface area contributed by atoms with E-state index < -0.39 is 0 Å². The Labute approximate surface area is 114 Å². The fourth-order valence-electron chi connectivity index (χ4n) is 2.16. The lowest BCUT2D eigenvalue weighted by molar-refractivity contribution is 0.242. The van der Waals surface area contributed by atoms with Gasteiger partial charge in [0.25, 0.3) is 0 Å². The van der Waals surface area contributed by atoms with Gasteiger partial charge in [0.2, 0.25) is 0 Å². The number of thioether (sulfide) groups is 1. The van der Waals surface area contributed by atoms with Crippen LogP contribution in [0.3, 0.4) is 0 Å². The highest BCUT2D eigenvalue weighted by atomic mass is 32.2. The van der Waals surface area contributed by atoms with E-state index in [1.165, 1.54) is 29.9 Å². The van der Waals surface area contributed by atoms with Crippen LogP contribution in [0.1, 0.15) is 32.3 Å². The molecule has 0 bridgehead atoms. The summed E-state index contributed by atoms with van der Waals surface area (Å²) in [6.07, 6.45) is 2.90. The predicted octanol–water partition coefficient (Wildman–Crippen LogP) is 3.46. The molecule has 18 heavy (non-hydrogen) atoms. The monoisotopic (exact) mass is 265 g/mol. The molecule has 1 saturated heterocycles. The van der Waals surface area contributed by atoms with E-state index in [1.807, 2.05) is 6.07 Å². The number of hydrogen-bond donors (Lipinski definition) is 1. The van der Waals surface area contributed by atoms with E-state index in [9.17, 15) is 0 Å². The van der Waals surface area contributed by atoms with Crippen molar-refractivity contribution in [3.8, 4) is 5.75 Å². The summed E-state index contributed by atoms with van der Waals surface area (Å²) in [5.41, 5.74) is 1.31. The Morgan fingerprint density at radius 1 is 1.44 bits per heavy atom. The second-order valence-corrected chi connectivity index (χ2v) is 6.26. The van der Waals surface area contributed by atoms with Gasteiger partial charge in [0.15, 0.2) is 0 Å². The topological polar surface area (TPSA) is 21.3 Å². The summed E-state index contributed by atoms with van der Waals surface area (Å²) in [6, 6.07) is 9.09. The smallest absolute Gasteiger partial charge is 0.120 e. The van der Waals surface area contributed by atoms with E-state index >= 15 is 0 Å². The summed E-state index contributed by atoms with van der Waals surface area (Å²) in [6.45, 7) is 5.06. The summed E-state index contributed by atoms with van der Waals surface area (Å²) in [7, 11) is 0. The zero-order valence-electron chi connectivity index (χ0n) is 11.3. The summed E-state index contributed by atoms with van der Waals surface area (Å²) in [4.78, 5) is 0. The Morgan fingerprint density at radius 2 is 2.33 bits per heavy atom. The Hall–Kier alpha value is -0.670. The summed E-state index contributed by atoms with van der Waals surface area (Å²) >= 11 is 2.06. The van der Waals surface area contributed by atoms with Crippen molar-refractivity contribution in [2.75, 3.05) is 11.5 Å². The Kier molecular flexibility index (Phi) is 5.39. The first-order chi connectivity index (χ1) is 8.74. The Balaban J connectivity index is 1.84. The van der Waals surface area contributed by atoms with Gasteiger partial charge in [-0.2, -0.15) is 11.8 Å². The molecule has 1 aliphatic heterocycles. The van der Waals surface area contributed by atoms with Gasteiger partial charge < -0.3 is 10.1 Å². The van der Waals surface area contributed by atoms with Gasteiger partial charge in [-0.05, 0) is 50.1 Å². The highest BCUT2D eigenvalue weighted by molar-refractivity contribution is 7.99. The van der Waals surface area contributed by atoms with Crippen molar-refractivity contribution < 1.29 is 4.74 Å². The van der Waals surface area contributed by atoms with Gasteiger partial charge in [0.1, 0.15) is 5.75 Å². The first-order valence-electron chi connectivity index (χ1n) is 6.81. The molecule has 1 aliphatic rings. The van der Waals surface area contributed by atoms with Gasteiger partial charge in [0.05, 0.1) is 6.10 Å². The molecule has 0 spiro atoms. The molecule has 0 amide bonds. The van der Waals surface area contributed by atoms with Crippen LogP contribution in [0.25, 0.3) is 0 Å². The van der Waals surface area contributed by atoms with E-state index in [4.69, 9.17) is 4.74 Å². The minimum absolute atomic E-state index is 0.239. The third-order valence-corrected chi connectivity index (χ3v) is 4.24. The van der Waals surface area contributed by atoms with Gasteiger partial charge in [0, 0.05) is 18.3 Å². The molecule has 0 saturated carbocycles. The van der Waals surface area contributed by atoms with Gasteiger partial charge in [-0.3, -0.25) is 0 Å². The third-order valence-electron chi connectivity index (χ3n) is 3.03. The molecule has 1 atom stereocenters. The lowest BCUT2D eigenvalue weighted by Gasteiger charge is -2.22. The molecular weight excluding hydrogens is 242 g/mol. The SMILES string of the molecule is CC(C)Oc1cccc(CNC2CCCSC2)c1. The Morgan fingerprint density at radius 3 is 3.06 bits per heavy atom. The fourth-order valence-corrected chi connectivity index (χ4v) is 3.27. The van der Waals surface area contributed by atoms with Crippen LogP contribution in [0.15, 0.2) is 24.3 Å². The number of benzene rings is 1. The molecule has 3 heteroatoms. The lowest BCUT2D eigenvalue weighted by atomic mass is 10.1. The van der Waals surface area contributed by atoms with Crippen LogP contribution in [0.2, 0.25) is 0 Å². The molecule has 100 valence electrons. The van der Waals surface area contributed by atoms with Crippen molar-refractivity contribution in [1.82, 2.24) is 5.32 Å². The first-order valence-corrected chi connectivity index (χ1v) is 7.96. The molecule has 1 fully saturated rings. The average molecular weight is 265 g/mol. The second-order valence-electron chi connectivity index (χ2n) is 5.11. The zero-order valence-corrected chi connectivity index (χ0v) is 12.1. The highest BCUT2D eigenvalue weighted by Crippen LogP contribution is 2.18. The van der Waals surface area contributed by atoms with E-state index in [0.717, 1.165) is 12.3 Å². The second kappa shape index (κ2) is 7.05. The molecular formula is C15H23NOS. The normalized spacial score (nSPS) is 20.1. The van der Waals surface area contributed by atoms with Crippen LogP contribution in [-0.2, 0) is 6.54 Å². The van der Waals surface area contributed by atoms with Crippen LogP contribution in [0.4, 0.5) is 0 Å². The van der Waals surface area contributed by atoms with Gasteiger partial charge in [-0.25, -0.2) is 0 Å². The van der Waals surface area contributed by atoms with E-state index in [1.54, 1.807) is 0 Å². The minimum atomic E-state index is 0.239. The molecule has 0 aromatic heterocycles. The minimum Gasteiger partial charge on any atom is -0.491 e. The molecule has 1 aromatic carbocycles. The molecule has 0 radical (unpaired) electrons. The molecule has 1 heterocycles. The van der Waals surface area contributed by atoms with Gasteiger partial charge in [-0.1, -0.05) is 12.1 Å². The predicted molar refractivity (Wildman–Crippen MR) is 79.4 cm³/mol. The maximum atomic E-state index is 5.71. The highest BCUT2D eigenvalue weighted by Gasteiger charge is 2.12. The van der Waals surface area contributed by atoms with Gasteiger partial charge >= 0.3 is 0 Å². The maximum Gasteiger partial charge on any atom is 0.120 e. The number of ether oxygens (including phenoxy) is 1. The Bertz CT molecular complexity index is 361. The van der Waals surface area contributed by atoms with Crippen molar-refractivity contribution in [2.45, 2.75) is 45.4 Å². The van der Waals surface area contributed by atoms with Crippen molar-refractivity contribution in [3.05, 3.63) is 29.8 Å². The van der Waals surface area contributed by atoms with Crippen molar-refractivity contribution in [1.29, 1.82) is 0 Å². The van der Waals surface area contributed by atoms with Crippen LogP contribution in [-0.4, -0.2) is 23.7 Å². The van der Waals surface area contributed by atoms with E-state index in [-0.39, 0.29) is 6.10 Å². The molecule has 1 aromatic rings. The average Bonchev–Trinajstić information content (AvgIpc) is 2.37. The largest absolute Gasteiger partial charge is 0.491 e. The third kappa shape index (κ3) is 4.54. The summed E-state index contributed by atoms with van der Waals surface area (Å²) in [5.74, 6) is 3.56. The van der Waals surface area contributed by atoms with Crippen LogP contribution in [0.5, 0.6) is 5.75 Å². The molecule has 2 rings (SSSR count). The quantitative estimate of drug-likeness (QED) is 0.881. The van der Waals surface area contributed by atoms with Gasteiger partial charge in [-0.15, -0.1) is 0 Å². The molecule has 1 unspecified atom stereocenters. The number of rotatable bonds is 5. The maximum absolute atomic E-state index is 5.71. The fraction of sp³-hybridized carbons (Fsp3) is 0.600. The first kappa shape index (κ1) is 13.8. The van der Waals surface area contributed by atoms with E-state index in [2.05, 4.69) is 49.1 Å². The zero-order chi connectivity index (χ0) is 12.8. The van der Waals surface area contributed by atoms with Crippen molar-refractivity contribution >= 4 is 11.8 Å². The number of nitrogens with one attached hydrogen (secondary N) is 1. The summed E-state index contributed by atoms with van der Waals surface area (Å²) in [5, 5.41) is 3.64. The molecule has 0 aliphatic carbocycles. The van der Waals surface area contributed by atoms with Crippen LogP contribution < -0.4 is 10.1 Å². The number of hydrogen-bond acceptors (Lipinski definition) is 3. The molecule has 2 nitrogen and oxygen atoms in total. The van der Waals surface area contributed by atoms with Crippen molar-refractivity contribution in [2.24, 2.45) is 0 Å². The lowest BCUT2D eigenvalue weighted by Crippen LogP contribution is -2.33. The van der Waals surface area contributed by atoms with E-state index in [0.29, 0.717) is 6.04 Å².